The number of carbonyl (C=O) groups is 1. The van der Waals surface area contributed by atoms with Crippen molar-refractivity contribution in [3.05, 3.63) is 45.7 Å². The highest BCUT2D eigenvalue weighted by Crippen LogP contribution is 2.30. The van der Waals surface area contributed by atoms with Gasteiger partial charge in [0.1, 0.15) is 5.82 Å². The van der Waals surface area contributed by atoms with Crippen LogP contribution < -0.4 is 5.32 Å². The Morgan fingerprint density at radius 1 is 1.26 bits per heavy atom. The van der Waals surface area contributed by atoms with Gasteiger partial charge in [0.2, 0.25) is 0 Å². The van der Waals surface area contributed by atoms with Crippen molar-refractivity contribution in [3.63, 3.8) is 0 Å². The van der Waals surface area contributed by atoms with Crippen LogP contribution >= 0.6 is 34.4 Å². The molecule has 160 valence electrons. The molecule has 0 aliphatic rings. The lowest BCUT2D eigenvalue weighted by Gasteiger charge is -2.11. The number of carbonyl (C=O) groups excluding carboxylic acids is 1. The van der Waals surface area contributed by atoms with E-state index in [1.165, 1.54) is 17.8 Å². The van der Waals surface area contributed by atoms with Gasteiger partial charge in [-0.25, -0.2) is 14.6 Å². The minimum atomic E-state index is -3.49. The Bertz CT molecular complexity index is 1270. The first-order chi connectivity index (χ1) is 14.7. The third kappa shape index (κ3) is 4.66. The Balaban J connectivity index is 1.62. The van der Waals surface area contributed by atoms with Crippen LogP contribution in [0.1, 0.15) is 12.6 Å². The Kier molecular flexibility index (Phi) is 5.88. The summed E-state index contributed by atoms with van der Waals surface area (Å²) in [6.07, 6.45) is 0. The van der Waals surface area contributed by atoms with Gasteiger partial charge in [-0.1, -0.05) is 22.9 Å². The zero-order chi connectivity index (χ0) is 22.2. The molecule has 0 saturated heterocycles. The second-order valence-corrected chi connectivity index (χ2v) is 8.80. The van der Waals surface area contributed by atoms with Crippen molar-refractivity contribution in [2.75, 3.05) is 5.32 Å². The molecule has 1 amide bonds. The lowest BCUT2D eigenvalue weighted by atomic mass is 10.3. The third-order valence-corrected chi connectivity index (χ3v) is 5.82. The van der Waals surface area contributed by atoms with E-state index in [0.717, 1.165) is 14.6 Å². The third-order valence-electron chi connectivity index (χ3n) is 4.18. The van der Waals surface area contributed by atoms with Crippen LogP contribution in [0, 0.1) is 3.57 Å². The molecular weight excluding hydrogens is 541 g/mol. The monoisotopic (exact) mass is 556 g/mol. The Hall–Kier alpha value is -2.68. The van der Waals surface area contributed by atoms with Gasteiger partial charge < -0.3 is 5.32 Å². The quantitative estimate of drug-likeness (QED) is 0.287. The van der Waals surface area contributed by atoms with E-state index in [9.17, 15) is 13.6 Å². The first-order valence-corrected chi connectivity index (χ1v) is 11.0. The van der Waals surface area contributed by atoms with Gasteiger partial charge in [-0.05, 0) is 63.3 Å². The zero-order valence-corrected chi connectivity index (χ0v) is 19.2. The van der Waals surface area contributed by atoms with Crippen LogP contribution in [0.3, 0.4) is 0 Å². The SMILES string of the molecule is Cn1nnnc1-n1c(SCc2cccc(NC(=O)C(C)(F)F)n2)nc2ccc(I)cc21. The average molecular weight is 556 g/mol. The highest BCUT2D eigenvalue weighted by Gasteiger charge is 2.32. The fourth-order valence-corrected chi connectivity index (χ4v) is 4.11. The van der Waals surface area contributed by atoms with Gasteiger partial charge in [-0.3, -0.25) is 9.36 Å². The fraction of sp³-hybridized carbons (Fsp3) is 0.222. The number of amides is 1. The van der Waals surface area contributed by atoms with Gasteiger partial charge in [0, 0.05) is 23.3 Å². The van der Waals surface area contributed by atoms with Gasteiger partial charge in [0.15, 0.2) is 5.16 Å². The number of pyridine rings is 1. The van der Waals surface area contributed by atoms with Crippen molar-refractivity contribution in [1.29, 1.82) is 0 Å². The summed E-state index contributed by atoms with van der Waals surface area (Å²) in [6, 6.07) is 10.7. The molecule has 0 saturated carbocycles. The highest BCUT2D eigenvalue weighted by molar-refractivity contribution is 14.1. The van der Waals surface area contributed by atoms with Gasteiger partial charge in [0.25, 0.3) is 11.9 Å². The molecule has 1 N–H and O–H groups in total. The molecule has 0 radical (unpaired) electrons. The molecule has 0 aliphatic carbocycles. The maximum atomic E-state index is 13.1. The van der Waals surface area contributed by atoms with Crippen molar-refractivity contribution < 1.29 is 13.6 Å². The summed E-state index contributed by atoms with van der Waals surface area (Å²) < 4.78 is 30.7. The van der Waals surface area contributed by atoms with E-state index < -0.39 is 11.8 Å². The first kappa shape index (κ1) is 21.5. The minimum Gasteiger partial charge on any atom is -0.305 e. The molecule has 0 atom stereocenters. The molecule has 0 spiro atoms. The summed E-state index contributed by atoms with van der Waals surface area (Å²) in [5.41, 5.74) is 2.23. The number of hydrogen-bond donors (Lipinski definition) is 1. The molecule has 9 nitrogen and oxygen atoms in total. The predicted molar refractivity (Wildman–Crippen MR) is 119 cm³/mol. The lowest BCUT2D eigenvalue weighted by molar-refractivity contribution is -0.137. The van der Waals surface area contributed by atoms with E-state index in [4.69, 9.17) is 0 Å². The van der Waals surface area contributed by atoms with Crippen LogP contribution in [0.2, 0.25) is 0 Å². The maximum absolute atomic E-state index is 13.1. The summed E-state index contributed by atoms with van der Waals surface area (Å²) in [5, 5.41) is 14.5. The highest BCUT2D eigenvalue weighted by atomic mass is 127. The summed E-state index contributed by atoms with van der Waals surface area (Å²) in [4.78, 5) is 20.5. The molecule has 3 aromatic heterocycles. The van der Waals surface area contributed by atoms with Crippen LogP contribution in [-0.2, 0) is 17.6 Å². The molecule has 4 rings (SSSR count). The maximum Gasteiger partial charge on any atom is 0.322 e. The van der Waals surface area contributed by atoms with Gasteiger partial charge in [0.05, 0.1) is 16.7 Å². The summed E-state index contributed by atoms with van der Waals surface area (Å²) in [7, 11) is 1.74. The van der Waals surface area contributed by atoms with E-state index in [1.807, 2.05) is 22.8 Å². The van der Waals surface area contributed by atoms with Crippen LogP contribution in [0.25, 0.3) is 17.0 Å². The van der Waals surface area contributed by atoms with Crippen LogP contribution in [0.4, 0.5) is 14.6 Å². The number of fused-ring (bicyclic) bond motifs is 1. The number of imidazole rings is 1. The van der Waals surface area contributed by atoms with Crippen LogP contribution in [0.15, 0.2) is 41.6 Å². The fourth-order valence-electron chi connectivity index (χ4n) is 2.72. The smallest absolute Gasteiger partial charge is 0.305 e. The molecule has 0 fully saturated rings. The van der Waals surface area contributed by atoms with Crippen molar-refractivity contribution >= 4 is 57.1 Å². The number of alkyl halides is 2. The average Bonchev–Trinajstić information content (AvgIpc) is 3.28. The number of rotatable bonds is 6. The van der Waals surface area contributed by atoms with Gasteiger partial charge in [-0.2, -0.15) is 8.78 Å². The van der Waals surface area contributed by atoms with Crippen LogP contribution in [0.5, 0.6) is 0 Å². The molecule has 0 aliphatic heterocycles. The second-order valence-electron chi connectivity index (χ2n) is 6.61. The number of aromatic nitrogens is 7. The van der Waals surface area contributed by atoms with Crippen molar-refractivity contribution in [3.8, 4) is 5.95 Å². The van der Waals surface area contributed by atoms with Crippen molar-refractivity contribution in [2.45, 2.75) is 23.8 Å². The summed E-state index contributed by atoms with van der Waals surface area (Å²) in [5.74, 6) is -3.94. The molecule has 0 unspecified atom stereocenters. The number of benzene rings is 1. The number of thioether (sulfide) groups is 1. The van der Waals surface area contributed by atoms with E-state index in [0.29, 0.717) is 29.5 Å². The molecular formula is C18H15F2IN8OS. The van der Waals surface area contributed by atoms with Crippen molar-refractivity contribution in [1.82, 2.24) is 34.7 Å². The summed E-state index contributed by atoms with van der Waals surface area (Å²) in [6.45, 7) is 0.537. The number of aryl methyl sites for hydroxylation is 1. The van der Waals surface area contributed by atoms with Crippen LogP contribution in [-0.4, -0.2) is 46.6 Å². The second kappa shape index (κ2) is 8.45. The number of tetrazole rings is 1. The molecule has 4 aromatic rings. The Labute approximate surface area is 192 Å². The Morgan fingerprint density at radius 3 is 2.77 bits per heavy atom. The molecule has 13 heteroatoms. The molecule has 1 aromatic carbocycles. The van der Waals surface area contributed by atoms with E-state index in [2.05, 4.69) is 53.4 Å². The van der Waals surface area contributed by atoms with Gasteiger partial charge in [-0.15, -0.1) is 0 Å². The number of nitrogens with one attached hydrogen (secondary N) is 1. The van der Waals surface area contributed by atoms with Crippen molar-refractivity contribution in [2.24, 2.45) is 7.05 Å². The first-order valence-electron chi connectivity index (χ1n) is 8.91. The standard InChI is InChI=1S/C18H15F2IN8OS/c1-18(19,20)15(30)24-14-5-3-4-11(22-14)9-31-17-23-12-7-6-10(21)8-13(12)29(17)16-25-26-27-28(16)2/h3-8H,9H2,1-2H3,(H,22,24,30). The minimum absolute atomic E-state index is 0.0604. The zero-order valence-electron chi connectivity index (χ0n) is 16.3. The molecule has 3 heterocycles. The number of hydrogen-bond acceptors (Lipinski definition) is 7. The Morgan fingerprint density at radius 2 is 2.06 bits per heavy atom. The topological polar surface area (TPSA) is 103 Å². The number of halogens is 3. The lowest BCUT2D eigenvalue weighted by Crippen LogP contribution is -2.31. The summed E-state index contributed by atoms with van der Waals surface area (Å²) >= 11 is 3.61. The largest absolute Gasteiger partial charge is 0.322 e. The molecule has 0 bridgehead atoms. The van der Waals surface area contributed by atoms with Gasteiger partial charge >= 0.3 is 5.92 Å². The number of anilines is 1. The predicted octanol–water partition coefficient (Wildman–Crippen LogP) is 3.43. The van der Waals surface area contributed by atoms with E-state index >= 15 is 0 Å². The normalized spacial score (nSPS) is 11.8. The molecule has 31 heavy (non-hydrogen) atoms. The van der Waals surface area contributed by atoms with E-state index in [1.54, 1.807) is 23.9 Å². The number of nitrogens with zero attached hydrogens (tertiary/aromatic N) is 7. The van der Waals surface area contributed by atoms with E-state index in [-0.39, 0.29) is 5.82 Å².